The number of rotatable bonds is 4. The van der Waals surface area contributed by atoms with E-state index in [-0.39, 0.29) is 0 Å². The third-order valence-corrected chi connectivity index (χ3v) is 10.9. The smallest absolute Gasteiger partial charge is 0.0571 e. The molecular weight excluding hydrogens is 631 g/mol. The highest BCUT2D eigenvalue weighted by molar-refractivity contribution is 6.12. The molecule has 11 aromatic rings. The fraction of sp³-hybridized carbons (Fsp3) is 0.0204. The van der Waals surface area contributed by atoms with Crippen LogP contribution in [0.1, 0.15) is 5.56 Å². The number of aromatic nitrogens is 3. The van der Waals surface area contributed by atoms with Gasteiger partial charge in [-0.05, 0) is 78.7 Å². The van der Waals surface area contributed by atoms with Crippen LogP contribution < -0.4 is 0 Å². The summed E-state index contributed by atoms with van der Waals surface area (Å²) in [4.78, 5) is 0. The average Bonchev–Trinajstić information content (AvgIpc) is 3.84. The zero-order valence-corrected chi connectivity index (χ0v) is 28.7. The van der Waals surface area contributed by atoms with Crippen LogP contribution in [0.25, 0.3) is 93.6 Å². The van der Waals surface area contributed by atoms with Crippen molar-refractivity contribution in [3.8, 4) is 28.2 Å². The first-order chi connectivity index (χ1) is 25.7. The summed E-state index contributed by atoms with van der Waals surface area (Å²) in [6.07, 6.45) is 0. The van der Waals surface area contributed by atoms with Crippen LogP contribution in [-0.2, 0) is 0 Å². The summed E-state index contributed by atoms with van der Waals surface area (Å²) in [5.74, 6) is 0. The predicted molar refractivity (Wildman–Crippen MR) is 220 cm³/mol. The summed E-state index contributed by atoms with van der Waals surface area (Å²) < 4.78 is 7.30. The third kappa shape index (κ3) is 4.08. The quantitative estimate of drug-likeness (QED) is 0.178. The molecule has 52 heavy (non-hydrogen) atoms. The summed E-state index contributed by atoms with van der Waals surface area (Å²) >= 11 is 0. The molecule has 3 aromatic heterocycles. The van der Waals surface area contributed by atoms with Gasteiger partial charge in [0.1, 0.15) is 0 Å². The van der Waals surface area contributed by atoms with Gasteiger partial charge in [0, 0.05) is 49.3 Å². The van der Waals surface area contributed by atoms with E-state index in [1.807, 2.05) is 0 Å². The molecule has 0 unspecified atom stereocenters. The van der Waals surface area contributed by atoms with Gasteiger partial charge in [-0.2, -0.15) is 0 Å². The van der Waals surface area contributed by atoms with E-state index in [9.17, 15) is 0 Å². The van der Waals surface area contributed by atoms with Crippen LogP contribution in [-0.4, -0.2) is 13.7 Å². The molecule has 3 nitrogen and oxygen atoms in total. The zero-order chi connectivity index (χ0) is 34.3. The molecule has 0 aliphatic rings. The van der Waals surface area contributed by atoms with E-state index in [0.717, 1.165) is 11.4 Å². The Morgan fingerprint density at radius 1 is 0.308 bits per heavy atom. The molecule has 3 heteroatoms. The number of aryl methyl sites for hydroxylation is 1. The van der Waals surface area contributed by atoms with Gasteiger partial charge in [0.15, 0.2) is 0 Å². The first-order valence-corrected chi connectivity index (χ1v) is 18.0. The molecule has 11 rings (SSSR count). The topological polar surface area (TPSA) is 14.8 Å². The Hall–Kier alpha value is -6.84. The summed E-state index contributed by atoms with van der Waals surface area (Å²) in [6, 6.07) is 66.5. The number of para-hydroxylation sites is 6. The number of hydrogen-bond donors (Lipinski definition) is 0. The number of nitrogens with zero attached hydrogens (tertiary/aromatic N) is 3. The van der Waals surface area contributed by atoms with Crippen molar-refractivity contribution < 1.29 is 0 Å². The highest BCUT2D eigenvalue weighted by atomic mass is 15.0. The maximum atomic E-state index is 2.48. The van der Waals surface area contributed by atoms with Crippen LogP contribution in [0, 0.1) is 6.92 Å². The van der Waals surface area contributed by atoms with E-state index in [0.29, 0.717) is 0 Å². The molecule has 0 N–H and O–H groups in total. The molecule has 0 spiro atoms. The van der Waals surface area contributed by atoms with Crippen LogP contribution in [0.3, 0.4) is 0 Å². The van der Waals surface area contributed by atoms with Gasteiger partial charge < -0.3 is 13.7 Å². The average molecular weight is 664 g/mol. The Morgan fingerprint density at radius 2 is 0.635 bits per heavy atom. The minimum Gasteiger partial charge on any atom is -0.309 e. The van der Waals surface area contributed by atoms with Gasteiger partial charge >= 0.3 is 0 Å². The summed E-state index contributed by atoms with van der Waals surface area (Å²) in [5, 5.41) is 7.59. The molecule has 0 bridgehead atoms. The Kier molecular flexibility index (Phi) is 6.17. The molecule has 8 aromatic carbocycles. The van der Waals surface area contributed by atoms with Gasteiger partial charge in [-0.15, -0.1) is 0 Å². The predicted octanol–water partition coefficient (Wildman–Crippen LogP) is 13.0. The van der Waals surface area contributed by atoms with Crippen LogP contribution >= 0.6 is 0 Å². The number of fused-ring (bicyclic) bond motifs is 9. The molecule has 0 amide bonds. The molecule has 244 valence electrons. The van der Waals surface area contributed by atoms with Crippen molar-refractivity contribution >= 4 is 65.4 Å². The Balaban J connectivity index is 1.20. The van der Waals surface area contributed by atoms with Crippen molar-refractivity contribution in [3.63, 3.8) is 0 Å². The van der Waals surface area contributed by atoms with E-state index >= 15 is 0 Å². The van der Waals surface area contributed by atoms with Gasteiger partial charge in [0.05, 0.1) is 38.8 Å². The van der Waals surface area contributed by atoms with Crippen molar-refractivity contribution in [1.29, 1.82) is 0 Å². The molecule has 3 heterocycles. The van der Waals surface area contributed by atoms with Gasteiger partial charge in [-0.25, -0.2) is 0 Å². The van der Waals surface area contributed by atoms with Crippen LogP contribution in [0.5, 0.6) is 0 Å². The molecular formula is C49H33N3. The zero-order valence-electron chi connectivity index (χ0n) is 28.7. The normalized spacial score (nSPS) is 11.9. The van der Waals surface area contributed by atoms with Crippen molar-refractivity contribution in [3.05, 3.63) is 188 Å². The van der Waals surface area contributed by atoms with Crippen molar-refractivity contribution in [2.45, 2.75) is 6.92 Å². The second kappa shape index (κ2) is 11.1. The lowest BCUT2D eigenvalue weighted by molar-refractivity contribution is 1.12. The van der Waals surface area contributed by atoms with Gasteiger partial charge in [-0.3, -0.25) is 0 Å². The fourth-order valence-electron chi connectivity index (χ4n) is 8.76. The van der Waals surface area contributed by atoms with E-state index < -0.39 is 0 Å². The lowest BCUT2D eigenvalue weighted by Crippen LogP contribution is -2.04. The minimum atomic E-state index is 1.15. The number of hydrogen-bond acceptors (Lipinski definition) is 0. The largest absolute Gasteiger partial charge is 0.309 e. The lowest BCUT2D eigenvalue weighted by atomic mass is 9.98. The standard InChI is InChI=1S/C49H33N3/c1-32-30-35(51-45-22-10-4-16-38(45)39-17-5-11-23-46(39)51)31-42(49(32)52-47-24-12-6-18-40(47)41-19-7-13-25-48(41)52)33-26-28-34(29-27-33)50-43-20-8-2-14-36(43)37-15-3-9-21-44(37)50/h2-31H,1H3. The summed E-state index contributed by atoms with van der Waals surface area (Å²) in [6.45, 7) is 2.27. The molecule has 0 atom stereocenters. The first kappa shape index (κ1) is 28.9. The third-order valence-electron chi connectivity index (χ3n) is 10.9. The van der Waals surface area contributed by atoms with Crippen LogP contribution in [0.4, 0.5) is 0 Å². The van der Waals surface area contributed by atoms with Gasteiger partial charge in [0.25, 0.3) is 0 Å². The molecule has 0 fully saturated rings. The van der Waals surface area contributed by atoms with E-state index in [2.05, 4.69) is 203 Å². The SMILES string of the molecule is Cc1cc(-n2c3ccccc3c3ccccc32)cc(-c2ccc(-n3c4ccccc4c4ccccc43)cc2)c1-n1c2ccccc2c2ccccc21. The van der Waals surface area contributed by atoms with Gasteiger partial charge in [0.2, 0.25) is 0 Å². The van der Waals surface area contributed by atoms with E-state index in [4.69, 9.17) is 0 Å². The molecule has 0 aliphatic heterocycles. The fourth-order valence-corrected chi connectivity index (χ4v) is 8.76. The molecule has 0 aliphatic carbocycles. The Bertz CT molecular complexity index is 3030. The van der Waals surface area contributed by atoms with E-state index in [1.54, 1.807) is 0 Å². The maximum absolute atomic E-state index is 2.48. The monoisotopic (exact) mass is 663 g/mol. The van der Waals surface area contributed by atoms with Crippen molar-refractivity contribution in [2.75, 3.05) is 0 Å². The van der Waals surface area contributed by atoms with Crippen molar-refractivity contribution in [2.24, 2.45) is 0 Å². The summed E-state index contributed by atoms with van der Waals surface area (Å²) in [5.41, 5.74) is 14.3. The first-order valence-electron chi connectivity index (χ1n) is 18.0. The second-order valence-electron chi connectivity index (χ2n) is 13.8. The molecule has 0 saturated carbocycles. The highest BCUT2D eigenvalue weighted by Gasteiger charge is 2.21. The lowest BCUT2D eigenvalue weighted by Gasteiger charge is -2.20. The highest BCUT2D eigenvalue weighted by Crippen LogP contribution is 2.41. The van der Waals surface area contributed by atoms with Crippen molar-refractivity contribution in [1.82, 2.24) is 13.7 Å². The minimum absolute atomic E-state index is 1.15. The van der Waals surface area contributed by atoms with Crippen LogP contribution in [0.2, 0.25) is 0 Å². The molecule has 0 radical (unpaired) electrons. The summed E-state index contributed by atoms with van der Waals surface area (Å²) in [7, 11) is 0. The number of benzene rings is 8. The molecule has 0 saturated heterocycles. The van der Waals surface area contributed by atoms with Crippen LogP contribution in [0.15, 0.2) is 182 Å². The maximum Gasteiger partial charge on any atom is 0.0571 e. The van der Waals surface area contributed by atoms with Gasteiger partial charge in [-0.1, -0.05) is 121 Å². The second-order valence-corrected chi connectivity index (χ2v) is 13.8. The Labute approximate surface area is 300 Å². The van der Waals surface area contributed by atoms with E-state index in [1.165, 1.54) is 87.8 Å². The Morgan fingerprint density at radius 3 is 1.02 bits per heavy atom.